The maximum Gasteiger partial charge on any atom is 0.253 e. The minimum absolute atomic E-state index is 0.0328. The highest BCUT2D eigenvalue weighted by atomic mass is 19.1. The Morgan fingerprint density at radius 2 is 2.20 bits per heavy atom. The summed E-state index contributed by atoms with van der Waals surface area (Å²) in [4.78, 5) is 11.8. The van der Waals surface area contributed by atoms with Crippen LogP contribution < -0.4 is 5.56 Å². The smallest absolute Gasteiger partial charge is 0.253 e. The second-order valence-electron chi connectivity index (χ2n) is 4.54. The Balaban J connectivity index is 2.73. The van der Waals surface area contributed by atoms with Crippen LogP contribution in [-0.2, 0) is 6.54 Å². The van der Waals surface area contributed by atoms with Crippen molar-refractivity contribution in [2.45, 2.75) is 45.8 Å². The summed E-state index contributed by atoms with van der Waals surface area (Å²) in [5, 5.41) is 0. The van der Waals surface area contributed by atoms with Crippen LogP contribution in [0, 0.1) is 6.92 Å². The molecule has 0 saturated carbocycles. The van der Waals surface area contributed by atoms with Gasteiger partial charge >= 0.3 is 0 Å². The van der Waals surface area contributed by atoms with Gasteiger partial charge in [0.2, 0.25) is 0 Å². The largest absolute Gasteiger partial charge is 0.309 e. The van der Waals surface area contributed by atoms with Crippen LogP contribution in [0.3, 0.4) is 0 Å². The van der Waals surface area contributed by atoms with Crippen LogP contribution in [-0.4, -0.2) is 4.57 Å². The average molecular weight is 209 g/mol. The van der Waals surface area contributed by atoms with Gasteiger partial charge in [0.1, 0.15) is 6.17 Å². The second kappa shape index (κ2) is 3.47. The summed E-state index contributed by atoms with van der Waals surface area (Å²) < 4.78 is 15.3. The lowest BCUT2D eigenvalue weighted by atomic mass is 9.98. The van der Waals surface area contributed by atoms with E-state index in [1.54, 1.807) is 11.5 Å². The first kappa shape index (κ1) is 10.4. The Hall–Kier alpha value is -1.12. The molecule has 0 N–H and O–H groups in total. The Morgan fingerprint density at radius 3 is 2.80 bits per heavy atom. The van der Waals surface area contributed by atoms with E-state index in [4.69, 9.17) is 0 Å². The average Bonchev–Trinajstić information content (AvgIpc) is 2.54. The number of pyridine rings is 1. The van der Waals surface area contributed by atoms with Crippen molar-refractivity contribution in [1.29, 1.82) is 0 Å². The molecular weight excluding hydrogens is 193 g/mol. The summed E-state index contributed by atoms with van der Waals surface area (Å²) in [6, 6.07) is 1.84. The number of aromatic nitrogens is 1. The fourth-order valence-corrected chi connectivity index (χ4v) is 2.26. The number of hydrogen-bond acceptors (Lipinski definition) is 1. The van der Waals surface area contributed by atoms with Gasteiger partial charge in [-0.2, -0.15) is 0 Å². The molecule has 0 bridgehead atoms. The first-order chi connectivity index (χ1) is 7.02. The SMILES string of the molecule is Cc1cc(C(C)C)c2n(c1=O)CCC2F. The minimum atomic E-state index is -0.962. The number of nitrogens with zero attached hydrogens (tertiary/aromatic N) is 1. The van der Waals surface area contributed by atoms with Crippen molar-refractivity contribution < 1.29 is 4.39 Å². The van der Waals surface area contributed by atoms with Gasteiger partial charge in [0.25, 0.3) is 5.56 Å². The van der Waals surface area contributed by atoms with Gasteiger partial charge < -0.3 is 4.57 Å². The van der Waals surface area contributed by atoms with Gasteiger partial charge in [-0.05, 0) is 24.5 Å². The Labute approximate surface area is 88.7 Å². The molecule has 0 amide bonds. The number of rotatable bonds is 1. The van der Waals surface area contributed by atoms with E-state index < -0.39 is 6.17 Å². The monoisotopic (exact) mass is 209 g/mol. The third kappa shape index (κ3) is 1.50. The molecule has 1 aromatic rings. The first-order valence-electron chi connectivity index (χ1n) is 5.40. The molecule has 0 saturated heterocycles. The van der Waals surface area contributed by atoms with E-state index in [9.17, 15) is 9.18 Å². The van der Waals surface area contributed by atoms with Crippen LogP contribution in [0.4, 0.5) is 4.39 Å². The van der Waals surface area contributed by atoms with Crippen LogP contribution >= 0.6 is 0 Å². The van der Waals surface area contributed by atoms with E-state index in [0.29, 0.717) is 18.7 Å². The lowest BCUT2D eigenvalue weighted by molar-refractivity contribution is 0.341. The molecule has 0 fully saturated rings. The predicted octanol–water partition coefficient (Wildman–Crippen LogP) is 2.69. The molecule has 2 heterocycles. The number of hydrogen-bond donors (Lipinski definition) is 0. The lowest BCUT2D eigenvalue weighted by Crippen LogP contribution is -2.23. The molecule has 0 spiro atoms. The van der Waals surface area contributed by atoms with E-state index in [2.05, 4.69) is 0 Å². The van der Waals surface area contributed by atoms with Crippen LogP contribution in [0.15, 0.2) is 10.9 Å². The van der Waals surface area contributed by atoms with Gasteiger partial charge in [0.15, 0.2) is 0 Å². The summed E-state index contributed by atoms with van der Waals surface area (Å²) in [5.74, 6) is 0.266. The van der Waals surface area contributed by atoms with Crippen molar-refractivity contribution in [1.82, 2.24) is 4.57 Å². The molecular formula is C12H16FNO. The lowest BCUT2D eigenvalue weighted by Gasteiger charge is -2.15. The van der Waals surface area contributed by atoms with Crippen LogP contribution in [0.5, 0.6) is 0 Å². The molecule has 2 rings (SSSR count). The summed E-state index contributed by atoms with van der Waals surface area (Å²) in [5.41, 5.74) is 2.28. The number of halogens is 1. The Kier molecular flexibility index (Phi) is 2.41. The highest BCUT2D eigenvalue weighted by Crippen LogP contribution is 2.33. The van der Waals surface area contributed by atoms with Crippen molar-refractivity contribution in [2.24, 2.45) is 0 Å². The van der Waals surface area contributed by atoms with E-state index in [0.717, 1.165) is 11.1 Å². The Morgan fingerprint density at radius 1 is 1.53 bits per heavy atom. The second-order valence-corrected chi connectivity index (χ2v) is 4.54. The molecule has 0 aliphatic carbocycles. The fourth-order valence-electron chi connectivity index (χ4n) is 2.26. The quantitative estimate of drug-likeness (QED) is 0.697. The van der Waals surface area contributed by atoms with Crippen molar-refractivity contribution in [2.75, 3.05) is 0 Å². The molecule has 0 radical (unpaired) electrons. The molecule has 1 aromatic heterocycles. The van der Waals surface area contributed by atoms with E-state index >= 15 is 0 Å². The normalized spacial score (nSPS) is 19.7. The standard InChI is InChI=1S/C12H16FNO/c1-7(2)9-6-8(3)12(15)14-5-4-10(13)11(9)14/h6-7,10H,4-5H2,1-3H3. The molecule has 3 heteroatoms. The fraction of sp³-hybridized carbons (Fsp3) is 0.583. The molecule has 1 atom stereocenters. The van der Waals surface area contributed by atoms with Crippen molar-refractivity contribution >= 4 is 0 Å². The molecule has 1 unspecified atom stereocenters. The Bertz CT molecular complexity index is 448. The van der Waals surface area contributed by atoms with E-state index in [1.807, 2.05) is 19.9 Å². The molecule has 2 nitrogen and oxygen atoms in total. The van der Waals surface area contributed by atoms with Crippen LogP contribution in [0.1, 0.15) is 49.2 Å². The van der Waals surface area contributed by atoms with Gasteiger partial charge in [-0.1, -0.05) is 13.8 Å². The van der Waals surface area contributed by atoms with Crippen molar-refractivity contribution in [3.8, 4) is 0 Å². The van der Waals surface area contributed by atoms with Gasteiger partial charge in [-0.15, -0.1) is 0 Å². The summed E-state index contributed by atoms with van der Waals surface area (Å²) in [7, 11) is 0. The zero-order valence-electron chi connectivity index (χ0n) is 9.38. The highest BCUT2D eigenvalue weighted by molar-refractivity contribution is 5.32. The van der Waals surface area contributed by atoms with Gasteiger partial charge in [-0.25, -0.2) is 4.39 Å². The maximum absolute atomic E-state index is 13.7. The summed E-state index contributed by atoms with van der Waals surface area (Å²) in [6.07, 6.45) is -0.519. The first-order valence-corrected chi connectivity index (χ1v) is 5.40. The van der Waals surface area contributed by atoms with Crippen LogP contribution in [0.2, 0.25) is 0 Å². The van der Waals surface area contributed by atoms with Crippen molar-refractivity contribution in [3.63, 3.8) is 0 Å². The van der Waals surface area contributed by atoms with Crippen molar-refractivity contribution in [3.05, 3.63) is 33.2 Å². The zero-order valence-corrected chi connectivity index (χ0v) is 9.38. The molecule has 1 aliphatic rings. The van der Waals surface area contributed by atoms with Crippen LogP contribution in [0.25, 0.3) is 0 Å². The summed E-state index contributed by atoms with van der Waals surface area (Å²) >= 11 is 0. The molecule has 0 aromatic carbocycles. The van der Waals surface area contributed by atoms with E-state index in [-0.39, 0.29) is 11.5 Å². The number of alkyl halides is 1. The maximum atomic E-state index is 13.7. The number of aryl methyl sites for hydroxylation is 1. The van der Waals surface area contributed by atoms with E-state index in [1.165, 1.54) is 0 Å². The zero-order chi connectivity index (χ0) is 11.2. The number of fused-ring (bicyclic) bond motifs is 1. The predicted molar refractivity (Wildman–Crippen MR) is 58.0 cm³/mol. The third-order valence-electron chi connectivity index (χ3n) is 3.07. The topological polar surface area (TPSA) is 22.0 Å². The molecule has 15 heavy (non-hydrogen) atoms. The third-order valence-corrected chi connectivity index (χ3v) is 3.07. The highest BCUT2D eigenvalue weighted by Gasteiger charge is 2.27. The van der Waals surface area contributed by atoms with Gasteiger partial charge in [-0.3, -0.25) is 4.79 Å². The summed E-state index contributed by atoms with van der Waals surface area (Å²) in [6.45, 7) is 6.39. The van der Waals surface area contributed by atoms with Gasteiger partial charge in [0, 0.05) is 18.5 Å². The minimum Gasteiger partial charge on any atom is -0.309 e. The van der Waals surface area contributed by atoms with Gasteiger partial charge in [0.05, 0.1) is 5.69 Å². The molecule has 1 aliphatic heterocycles. The molecule has 82 valence electrons.